The van der Waals surface area contributed by atoms with Crippen molar-refractivity contribution in [3.8, 4) is 0 Å². The molecule has 7 nitrogen and oxygen atoms in total. The molecule has 0 saturated heterocycles. The number of carboxylic acid groups (broad SMARTS) is 2. The molecular weight excluding hydrogens is 417 g/mol. The van der Waals surface area contributed by atoms with Crippen molar-refractivity contribution >= 4 is 50.9 Å². The maximum absolute atomic E-state index is 13.2. The van der Waals surface area contributed by atoms with Crippen molar-refractivity contribution in [1.82, 2.24) is 0 Å². The lowest BCUT2D eigenvalue weighted by Crippen LogP contribution is -2.32. The van der Waals surface area contributed by atoms with E-state index < -0.39 is 22.0 Å². The molecule has 0 aliphatic carbocycles. The van der Waals surface area contributed by atoms with E-state index in [0.717, 1.165) is 4.31 Å². The van der Waals surface area contributed by atoms with Gasteiger partial charge in [0.1, 0.15) is 4.90 Å². The fourth-order valence-corrected chi connectivity index (χ4v) is 4.58. The van der Waals surface area contributed by atoms with E-state index in [1.807, 2.05) is 0 Å². The maximum Gasteiger partial charge on any atom is 0.335 e. The van der Waals surface area contributed by atoms with E-state index in [1.54, 1.807) is 0 Å². The minimum atomic E-state index is -4.22. The number of sulfonamides is 1. The molecule has 0 fully saturated rings. The Morgan fingerprint density at radius 3 is 2.37 bits per heavy atom. The van der Waals surface area contributed by atoms with Crippen LogP contribution >= 0.6 is 23.2 Å². The molecule has 0 atom stereocenters. The zero-order chi connectivity index (χ0) is 20.2. The minimum Gasteiger partial charge on any atom is -0.481 e. The fraction of sp³-hybridized carbons (Fsp3) is 0.176. The van der Waals surface area contributed by atoms with Gasteiger partial charge in [0.05, 0.1) is 16.3 Å². The van der Waals surface area contributed by atoms with Gasteiger partial charge in [-0.15, -0.1) is 0 Å². The van der Waals surface area contributed by atoms with Gasteiger partial charge in [0, 0.05) is 18.0 Å². The molecule has 2 N–H and O–H groups in total. The molecule has 27 heavy (non-hydrogen) atoms. The second kappa shape index (κ2) is 8.60. The van der Waals surface area contributed by atoms with E-state index in [1.165, 1.54) is 42.5 Å². The highest BCUT2D eigenvalue weighted by molar-refractivity contribution is 7.93. The fourth-order valence-electron chi connectivity index (χ4n) is 2.35. The number of benzene rings is 2. The third-order valence-electron chi connectivity index (χ3n) is 3.59. The van der Waals surface area contributed by atoms with Crippen LogP contribution in [0.5, 0.6) is 0 Å². The molecule has 2 aromatic carbocycles. The van der Waals surface area contributed by atoms with Gasteiger partial charge >= 0.3 is 11.9 Å². The number of aromatic carboxylic acids is 1. The summed E-state index contributed by atoms with van der Waals surface area (Å²) in [6.45, 7) is -0.180. The summed E-state index contributed by atoms with van der Waals surface area (Å²) in [6, 6.07) is 9.29. The molecule has 10 heteroatoms. The number of hydrogen-bond acceptors (Lipinski definition) is 4. The van der Waals surface area contributed by atoms with Crippen molar-refractivity contribution in [1.29, 1.82) is 0 Å². The first-order valence-electron chi connectivity index (χ1n) is 7.66. The third-order valence-corrected chi connectivity index (χ3v) is 6.14. The molecule has 0 spiro atoms. The molecule has 0 saturated carbocycles. The summed E-state index contributed by atoms with van der Waals surface area (Å²) in [5.74, 6) is -2.30. The first-order chi connectivity index (χ1) is 12.6. The second-order valence-electron chi connectivity index (χ2n) is 5.50. The number of nitrogens with zero attached hydrogens (tertiary/aromatic N) is 1. The highest BCUT2D eigenvalue weighted by atomic mass is 35.5. The van der Waals surface area contributed by atoms with Crippen molar-refractivity contribution < 1.29 is 28.2 Å². The molecule has 0 aliphatic heterocycles. The van der Waals surface area contributed by atoms with Gasteiger partial charge in [0.25, 0.3) is 10.0 Å². The first-order valence-corrected chi connectivity index (χ1v) is 9.85. The Bertz CT molecular complexity index is 977. The van der Waals surface area contributed by atoms with E-state index in [0.29, 0.717) is 0 Å². The molecule has 2 aromatic rings. The molecule has 2 rings (SSSR count). The van der Waals surface area contributed by atoms with Crippen molar-refractivity contribution in [2.24, 2.45) is 0 Å². The van der Waals surface area contributed by atoms with E-state index in [2.05, 4.69) is 0 Å². The lowest BCUT2D eigenvalue weighted by atomic mass is 10.2. The molecule has 0 aliphatic rings. The van der Waals surface area contributed by atoms with Crippen LogP contribution in [-0.4, -0.2) is 37.1 Å². The summed E-state index contributed by atoms with van der Waals surface area (Å²) in [4.78, 5) is 21.8. The SMILES string of the molecule is O=C(O)CCCN(c1cccc(C(=O)O)c1)S(=O)(=O)c1cc(Cl)ccc1Cl. The Balaban J connectivity index is 2.54. The Morgan fingerprint density at radius 2 is 1.74 bits per heavy atom. The summed E-state index contributed by atoms with van der Waals surface area (Å²) in [5, 5.41) is 18.1. The van der Waals surface area contributed by atoms with Gasteiger partial charge < -0.3 is 10.2 Å². The second-order valence-corrected chi connectivity index (χ2v) is 8.18. The van der Waals surface area contributed by atoms with Crippen LogP contribution in [0.2, 0.25) is 10.0 Å². The molecule has 0 amide bonds. The van der Waals surface area contributed by atoms with E-state index in [-0.39, 0.29) is 45.6 Å². The topological polar surface area (TPSA) is 112 Å². The number of carbonyl (C=O) groups is 2. The highest BCUT2D eigenvalue weighted by Gasteiger charge is 2.28. The number of halogens is 2. The zero-order valence-electron chi connectivity index (χ0n) is 13.8. The van der Waals surface area contributed by atoms with E-state index >= 15 is 0 Å². The quantitative estimate of drug-likeness (QED) is 0.657. The normalized spacial score (nSPS) is 11.2. The summed E-state index contributed by atoms with van der Waals surface area (Å²) >= 11 is 11.9. The first kappa shape index (κ1) is 21.0. The predicted molar refractivity (Wildman–Crippen MR) is 101 cm³/mol. The van der Waals surface area contributed by atoms with Gasteiger partial charge in [-0.3, -0.25) is 9.10 Å². The van der Waals surface area contributed by atoms with Crippen molar-refractivity contribution in [3.63, 3.8) is 0 Å². The van der Waals surface area contributed by atoms with Crippen LogP contribution in [0, 0.1) is 0 Å². The standard InChI is InChI=1S/C17H15Cl2NO6S/c18-12-6-7-14(19)15(10-12)27(25,26)20(8-2-5-16(21)22)13-4-1-3-11(9-13)17(23)24/h1,3-4,6-7,9-10H,2,5,8H2,(H,21,22)(H,23,24). The minimum absolute atomic E-state index is 0.0179. The van der Waals surface area contributed by atoms with Crippen molar-refractivity contribution in [2.45, 2.75) is 17.7 Å². The Kier molecular flexibility index (Phi) is 6.69. The zero-order valence-corrected chi connectivity index (χ0v) is 16.1. The van der Waals surface area contributed by atoms with Crippen LogP contribution in [0.25, 0.3) is 0 Å². The number of hydrogen-bond donors (Lipinski definition) is 2. The lowest BCUT2D eigenvalue weighted by molar-refractivity contribution is -0.137. The summed E-state index contributed by atoms with van der Waals surface area (Å²) in [5.41, 5.74) is -0.0283. The summed E-state index contributed by atoms with van der Waals surface area (Å²) in [7, 11) is -4.22. The van der Waals surface area contributed by atoms with Crippen LogP contribution in [0.1, 0.15) is 23.2 Å². The number of aliphatic carboxylic acids is 1. The van der Waals surface area contributed by atoms with Gasteiger partial charge in [0.2, 0.25) is 0 Å². The number of anilines is 1. The largest absolute Gasteiger partial charge is 0.481 e. The summed E-state index contributed by atoms with van der Waals surface area (Å²) in [6.07, 6.45) is -0.238. The Labute approximate surface area is 165 Å². The lowest BCUT2D eigenvalue weighted by Gasteiger charge is -2.25. The van der Waals surface area contributed by atoms with Crippen LogP contribution < -0.4 is 4.31 Å². The predicted octanol–water partition coefficient (Wildman–Crippen LogP) is 3.75. The number of rotatable bonds is 8. The van der Waals surface area contributed by atoms with Gasteiger partial charge in [-0.05, 0) is 42.8 Å². The molecule has 0 aromatic heterocycles. The smallest absolute Gasteiger partial charge is 0.335 e. The van der Waals surface area contributed by atoms with Crippen LogP contribution in [0.4, 0.5) is 5.69 Å². The molecule has 0 radical (unpaired) electrons. The summed E-state index contributed by atoms with van der Waals surface area (Å²) < 4.78 is 27.2. The molecule has 0 heterocycles. The monoisotopic (exact) mass is 431 g/mol. The molecule has 144 valence electrons. The Hall–Kier alpha value is -2.29. The van der Waals surface area contributed by atoms with E-state index in [9.17, 15) is 18.0 Å². The van der Waals surface area contributed by atoms with Gasteiger partial charge in [-0.1, -0.05) is 29.3 Å². The number of carboxylic acids is 2. The third kappa shape index (κ3) is 5.12. The van der Waals surface area contributed by atoms with Crippen LogP contribution in [0.3, 0.4) is 0 Å². The van der Waals surface area contributed by atoms with Gasteiger partial charge in [-0.25, -0.2) is 13.2 Å². The van der Waals surface area contributed by atoms with E-state index in [4.69, 9.17) is 33.4 Å². The molecular formula is C17H15Cl2NO6S. The van der Waals surface area contributed by atoms with Gasteiger partial charge in [0.15, 0.2) is 0 Å². The maximum atomic E-state index is 13.2. The Morgan fingerprint density at radius 1 is 1.04 bits per heavy atom. The molecule has 0 unspecified atom stereocenters. The van der Waals surface area contributed by atoms with Crippen molar-refractivity contribution in [3.05, 3.63) is 58.1 Å². The van der Waals surface area contributed by atoms with Crippen molar-refractivity contribution in [2.75, 3.05) is 10.8 Å². The average Bonchev–Trinajstić information content (AvgIpc) is 2.60. The average molecular weight is 432 g/mol. The van der Waals surface area contributed by atoms with Gasteiger partial charge in [-0.2, -0.15) is 0 Å². The highest BCUT2D eigenvalue weighted by Crippen LogP contribution is 2.31. The van der Waals surface area contributed by atoms with Crippen LogP contribution in [0.15, 0.2) is 47.4 Å². The van der Waals surface area contributed by atoms with Crippen LogP contribution in [-0.2, 0) is 14.8 Å². The molecule has 0 bridgehead atoms.